The molecule has 1 aromatic heterocycles. The number of nitrogens with one attached hydrogen (secondary N) is 1. The van der Waals surface area contributed by atoms with Gasteiger partial charge >= 0.3 is 0 Å². The molecule has 0 radical (unpaired) electrons. The van der Waals surface area contributed by atoms with E-state index in [1.807, 2.05) is 31.6 Å². The van der Waals surface area contributed by atoms with Crippen molar-refractivity contribution < 1.29 is 4.39 Å². The monoisotopic (exact) mass is 275 g/mol. The van der Waals surface area contributed by atoms with E-state index in [4.69, 9.17) is 0 Å². The molecular weight excluding hydrogens is 253 g/mol. The first-order valence-electron chi connectivity index (χ1n) is 7.04. The molecule has 4 heteroatoms. The van der Waals surface area contributed by atoms with Gasteiger partial charge in [0.2, 0.25) is 0 Å². The predicted octanol–water partition coefficient (Wildman–Crippen LogP) is 3.34. The summed E-state index contributed by atoms with van der Waals surface area (Å²) in [5.74, 6) is -0.207. The fraction of sp³-hybridized carbons (Fsp3) is 0.438. The molecule has 1 aromatic carbocycles. The third-order valence-electron chi connectivity index (χ3n) is 3.59. The lowest BCUT2D eigenvalue weighted by Gasteiger charge is -2.11. The molecule has 0 saturated carbocycles. The number of aromatic nitrogens is 2. The van der Waals surface area contributed by atoms with Gasteiger partial charge in [0, 0.05) is 24.8 Å². The van der Waals surface area contributed by atoms with E-state index in [1.54, 1.807) is 6.07 Å². The predicted molar refractivity (Wildman–Crippen MR) is 80.1 cm³/mol. The first-order valence-corrected chi connectivity index (χ1v) is 7.04. The lowest BCUT2D eigenvalue weighted by molar-refractivity contribution is 0.625. The van der Waals surface area contributed by atoms with Gasteiger partial charge in [-0.3, -0.25) is 4.68 Å². The summed E-state index contributed by atoms with van der Waals surface area (Å²) in [4.78, 5) is 0. The average molecular weight is 275 g/mol. The molecule has 0 atom stereocenters. The van der Waals surface area contributed by atoms with Crippen LogP contribution in [0.15, 0.2) is 18.2 Å². The molecule has 0 amide bonds. The SMILES string of the molecule is CCCNCc1ccc(F)cc1-c1c(C)nn(C)c1C. The Morgan fingerprint density at radius 2 is 2.05 bits per heavy atom. The summed E-state index contributed by atoms with van der Waals surface area (Å²) in [6.07, 6.45) is 1.08. The average Bonchev–Trinajstić information content (AvgIpc) is 2.65. The van der Waals surface area contributed by atoms with Crippen molar-refractivity contribution in [3.8, 4) is 11.1 Å². The van der Waals surface area contributed by atoms with Gasteiger partial charge in [0.25, 0.3) is 0 Å². The summed E-state index contributed by atoms with van der Waals surface area (Å²) < 4.78 is 15.5. The zero-order valence-corrected chi connectivity index (χ0v) is 12.6. The van der Waals surface area contributed by atoms with E-state index in [9.17, 15) is 4.39 Å². The first-order chi connectivity index (χ1) is 9.54. The van der Waals surface area contributed by atoms with Crippen LogP contribution < -0.4 is 5.32 Å². The van der Waals surface area contributed by atoms with Crippen LogP contribution in [0, 0.1) is 19.7 Å². The highest BCUT2D eigenvalue weighted by molar-refractivity contribution is 5.71. The van der Waals surface area contributed by atoms with Gasteiger partial charge in [-0.05, 0) is 50.1 Å². The maximum atomic E-state index is 13.6. The van der Waals surface area contributed by atoms with E-state index in [0.29, 0.717) is 0 Å². The van der Waals surface area contributed by atoms with Crippen molar-refractivity contribution in [3.63, 3.8) is 0 Å². The van der Waals surface area contributed by atoms with E-state index in [0.717, 1.165) is 47.6 Å². The molecular formula is C16H22FN3. The minimum absolute atomic E-state index is 0.207. The fourth-order valence-electron chi connectivity index (χ4n) is 2.50. The van der Waals surface area contributed by atoms with Gasteiger partial charge in [0.1, 0.15) is 5.82 Å². The Balaban J connectivity index is 2.45. The van der Waals surface area contributed by atoms with E-state index in [2.05, 4.69) is 17.3 Å². The standard InChI is InChI=1S/C16H22FN3/c1-5-8-18-10-13-6-7-14(17)9-15(13)16-11(2)19-20(4)12(16)3/h6-7,9,18H,5,8,10H2,1-4H3. The summed E-state index contributed by atoms with van der Waals surface area (Å²) in [5.41, 5.74) is 5.09. The quantitative estimate of drug-likeness (QED) is 0.848. The second-order valence-corrected chi connectivity index (χ2v) is 5.15. The molecule has 0 unspecified atom stereocenters. The van der Waals surface area contributed by atoms with Crippen molar-refractivity contribution in [1.82, 2.24) is 15.1 Å². The highest BCUT2D eigenvalue weighted by Crippen LogP contribution is 2.30. The van der Waals surface area contributed by atoms with Crippen LogP contribution >= 0.6 is 0 Å². The highest BCUT2D eigenvalue weighted by atomic mass is 19.1. The Kier molecular flexibility index (Phi) is 4.55. The molecule has 2 rings (SSSR count). The van der Waals surface area contributed by atoms with Crippen molar-refractivity contribution in [2.45, 2.75) is 33.7 Å². The van der Waals surface area contributed by atoms with Crippen LogP contribution in [-0.4, -0.2) is 16.3 Å². The van der Waals surface area contributed by atoms with Crippen molar-refractivity contribution in [2.24, 2.45) is 7.05 Å². The number of benzene rings is 1. The van der Waals surface area contributed by atoms with Crippen molar-refractivity contribution >= 4 is 0 Å². The number of rotatable bonds is 5. The van der Waals surface area contributed by atoms with E-state index >= 15 is 0 Å². The second-order valence-electron chi connectivity index (χ2n) is 5.15. The maximum Gasteiger partial charge on any atom is 0.123 e. The van der Waals surface area contributed by atoms with Crippen LogP contribution in [0.4, 0.5) is 4.39 Å². The minimum atomic E-state index is -0.207. The lowest BCUT2D eigenvalue weighted by atomic mass is 9.97. The molecule has 20 heavy (non-hydrogen) atoms. The van der Waals surface area contributed by atoms with Crippen LogP contribution in [0.3, 0.4) is 0 Å². The van der Waals surface area contributed by atoms with Gasteiger partial charge in [0.15, 0.2) is 0 Å². The van der Waals surface area contributed by atoms with E-state index in [1.165, 1.54) is 6.07 Å². The smallest absolute Gasteiger partial charge is 0.123 e. The van der Waals surface area contributed by atoms with Gasteiger partial charge in [-0.25, -0.2) is 4.39 Å². The Hall–Kier alpha value is -1.68. The van der Waals surface area contributed by atoms with Crippen LogP contribution in [0.1, 0.15) is 30.3 Å². The third-order valence-corrected chi connectivity index (χ3v) is 3.59. The molecule has 1 N–H and O–H groups in total. The number of hydrogen-bond acceptors (Lipinski definition) is 2. The van der Waals surface area contributed by atoms with E-state index < -0.39 is 0 Å². The van der Waals surface area contributed by atoms with Crippen molar-refractivity contribution in [2.75, 3.05) is 6.54 Å². The topological polar surface area (TPSA) is 29.9 Å². The summed E-state index contributed by atoms with van der Waals surface area (Å²) in [7, 11) is 1.92. The molecule has 0 aliphatic rings. The third kappa shape index (κ3) is 2.90. The molecule has 0 spiro atoms. The zero-order chi connectivity index (χ0) is 14.7. The molecule has 0 aliphatic heterocycles. The Morgan fingerprint density at radius 3 is 2.65 bits per heavy atom. The molecule has 0 aliphatic carbocycles. The largest absolute Gasteiger partial charge is 0.313 e. The number of aryl methyl sites for hydroxylation is 2. The molecule has 1 heterocycles. The maximum absolute atomic E-state index is 13.6. The van der Waals surface area contributed by atoms with Gasteiger partial charge in [-0.2, -0.15) is 5.10 Å². The highest BCUT2D eigenvalue weighted by Gasteiger charge is 2.15. The van der Waals surface area contributed by atoms with Crippen LogP contribution in [0.2, 0.25) is 0 Å². The van der Waals surface area contributed by atoms with Crippen LogP contribution in [0.5, 0.6) is 0 Å². The molecule has 0 saturated heterocycles. The van der Waals surface area contributed by atoms with Crippen molar-refractivity contribution in [3.05, 3.63) is 41.0 Å². The summed E-state index contributed by atoms with van der Waals surface area (Å²) in [6, 6.07) is 4.99. The summed E-state index contributed by atoms with van der Waals surface area (Å²) >= 11 is 0. The number of halogens is 1. The van der Waals surface area contributed by atoms with E-state index in [-0.39, 0.29) is 5.82 Å². The second kappa shape index (κ2) is 6.18. The molecule has 2 aromatic rings. The minimum Gasteiger partial charge on any atom is -0.313 e. The van der Waals surface area contributed by atoms with Gasteiger partial charge in [-0.15, -0.1) is 0 Å². The summed E-state index contributed by atoms with van der Waals surface area (Å²) in [6.45, 7) is 7.83. The number of hydrogen-bond donors (Lipinski definition) is 1. The Labute approximate surface area is 119 Å². The van der Waals surface area contributed by atoms with Crippen LogP contribution in [-0.2, 0) is 13.6 Å². The lowest BCUT2D eigenvalue weighted by Crippen LogP contribution is -2.14. The molecule has 3 nitrogen and oxygen atoms in total. The van der Waals surface area contributed by atoms with Crippen molar-refractivity contribution in [1.29, 1.82) is 0 Å². The molecule has 0 fully saturated rings. The van der Waals surface area contributed by atoms with Gasteiger partial charge in [0.05, 0.1) is 5.69 Å². The normalized spacial score (nSPS) is 11.1. The molecule has 0 bridgehead atoms. The molecule has 108 valence electrons. The first kappa shape index (κ1) is 14.7. The Morgan fingerprint density at radius 1 is 1.30 bits per heavy atom. The zero-order valence-electron chi connectivity index (χ0n) is 12.6. The van der Waals surface area contributed by atoms with Gasteiger partial charge in [-0.1, -0.05) is 13.0 Å². The van der Waals surface area contributed by atoms with Gasteiger partial charge < -0.3 is 5.32 Å². The Bertz CT molecular complexity index is 602. The summed E-state index contributed by atoms with van der Waals surface area (Å²) in [5, 5.41) is 7.81. The fourth-order valence-corrected chi connectivity index (χ4v) is 2.50. The van der Waals surface area contributed by atoms with Crippen LogP contribution in [0.25, 0.3) is 11.1 Å². The number of nitrogens with zero attached hydrogens (tertiary/aromatic N) is 2.